The van der Waals surface area contributed by atoms with Gasteiger partial charge >= 0.3 is 11.9 Å². The van der Waals surface area contributed by atoms with Crippen LogP contribution in [-0.2, 0) is 14.3 Å². The largest absolute Gasteiger partial charge is 0.481 e. The summed E-state index contributed by atoms with van der Waals surface area (Å²) in [5, 5.41) is 15.4. The first-order chi connectivity index (χ1) is 16.4. The number of hydrogen-bond acceptors (Lipinski definition) is 5. The Balaban J connectivity index is 0.000000192. The van der Waals surface area contributed by atoms with E-state index >= 15 is 0 Å². The molecule has 34 heavy (non-hydrogen) atoms. The second kappa shape index (κ2) is 12.3. The number of rotatable bonds is 7. The lowest BCUT2D eigenvalue weighted by Crippen LogP contribution is -2.31. The first-order valence-electron chi connectivity index (χ1n) is 11.8. The lowest BCUT2D eigenvalue weighted by Gasteiger charge is -2.20. The first kappa shape index (κ1) is 25.5. The molecule has 0 amide bonds. The third-order valence-electron chi connectivity index (χ3n) is 6.33. The summed E-state index contributed by atoms with van der Waals surface area (Å²) in [6.45, 7) is 2.23. The van der Waals surface area contributed by atoms with Gasteiger partial charge in [-0.25, -0.2) is 8.78 Å². The fourth-order valence-corrected chi connectivity index (χ4v) is 4.61. The molecule has 2 aliphatic carbocycles. The number of carbonyl (C=O) groups excluding carboxylic acids is 1. The molecule has 8 heteroatoms. The zero-order valence-electron chi connectivity index (χ0n) is 19.3. The van der Waals surface area contributed by atoms with E-state index in [9.17, 15) is 18.4 Å². The van der Waals surface area contributed by atoms with Gasteiger partial charge in [0.25, 0.3) is 0 Å². The average Bonchev–Trinajstić information content (AvgIpc) is 3.47. The zero-order chi connectivity index (χ0) is 24.5. The van der Waals surface area contributed by atoms with Gasteiger partial charge in [-0.1, -0.05) is 12.8 Å². The minimum atomic E-state index is -0.753. The van der Waals surface area contributed by atoms with Crippen molar-refractivity contribution in [3.05, 3.63) is 60.2 Å². The summed E-state index contributed by atoms with van der Waals surface area (Å²) in [4.78, 5) is 22.7. The molecule has 0 radical (unpaired) electrons. The molecule has 4 atom stereocenters. The van der Waals surface area contributed by atoms with Gasteiger partial charge in [-0.15, -0.1) is 0 Å². The first-order valence-corrected chi connectivity index (χ1v) is 11.8. The van der Waals surface area contributed by atoms with Gasteiger partial charge in [-0.3, -0.25) is 9.59 Å². The zero-order valence-corrected chi connectivity index (χ0v) is 19.3. The lowest BCUT2D eigenvalue weighted by atomic mass is 10.0. The van der Waals surface area contributed by atoms with Crippen LogP contribution in [0.4, 0.5) is 20.2 Å². The van der Waals surface area contributed by atoms with Gasteiger partial charge in [-0.2, -0.15) is 0 Å². The van der Waals surface area contributed by atoms with Gasteiger partial charge in [0.1, 0.15) is 11.6 Å². The fourth-order valence-electron chi connectivity index (χ4n) is 4.61. The number of hydrogen-bond donors (Lipinski definition) is 3. The number of ether oxygens (including phenoxy) is 1. The molecule has 3 N–H and O–H groups in total. The molecular weight excluding hydrogens is 442 g/mol. The molecule has 4 rings (SSSR count). The SMILES string of the molecule is CCOC(=O)C1CCCC1Nc1ccc(F)cc1.O=C(O)C1CCCC1Nc1ccc(F)cc1. The number of benzene rings is 2. The summed E-state index contributed by atoms with van der Waals surface area (Å²) in [5.41, 5.74) is 1.62. The smallest absolute Gasteiger partial charge is 0.311 e. The van der Waals surface area contributed by atoms with E-state index in [0.717, 1.165) is 43.5 Å². The van der Waals surface area contributed by atoms with Crippen LogP contribution in [0.15, 0.2) is 48.5 Å². The second-order valence-corrected chi connectivity index (χ2v) is 8.68. The summed E-state index contributed by atoms with van der Waals surface area (Å²) in [7, 11) is 0. The standard InChI is InChI=1S/C14H18FNO2.C12H14FNO2/c1-2-18-14(17)12-4-3-5-13(12)16-11-8-6-10(15)7-9-11;13-8-4-6-9(7-5-8)14-11-3-1-2-10(11)12(15)16/h6-9,12-13,16H,2-5H2,1H3;4-7,10-11,14H,1-3H2,(H,15,16). The van der Waals surface area contributed by atoms with Crippen LogP contribution in [0.3, 0.4) is 0 Å². The second-order valence-electron chi connectivity index (χ2n) is 8.68. The van der Waals surface area contributed by atoms with Gasteiger partial charge in [-0.05, 0) is 81.1 Å². The number of carboxylic acids is 1. The molecule has 0 spiro atoms. The third kappa shape index (κ3) is 7.17. The monoisotopic (exact) mass is 474 g/mol. The number of carbonyl (C=O) groups is 2. The van der Waals surface area contributed by atoms with Crippen LogP contribution in [0, 0.1) is 23.5 Å². The maximum atomic E-state index is 12.8. The highest BCUT2D eigenvalue weighted by atomic mass is 19.1. The summed E-state index contributed by atoms with van der Waals surface area (Å²) in [6.07, 6.45) is 5.32. The molecule has 0 bridgehead atoms. The Bertz CT molecular complexity index is 937. The molecule has 184 valence electrons. The van der Waals surface area contributed by atoms with Gasteiger partial charge in [0.15, 0.2) is 0 Å². The predicted molar refractivity (Wildman–Crippen MR) is 127 cm³/mol. The highest BCUT2D eigenvalue weighted by molar-refractivity contribution is 5.74. The number of carboxylic acid groups (broad SMARTS) is 1. The Morgan fingerprint density at radius 2 is 1.26 bits per heavy atom. The van der Waals surface area contributed by atoms with Crippen molar-refractivity contribution in [2.24, 2.45) is 11.8 Å². The van der Waals surface area contributed by atoms with Crippen LogP contribution in [0.2, 0.25) is 0 Å². The van der Waals surface area contributed by atoms with E-state index in [4.69, 9.17) is 9.84 Å². The number of nitrogens with one attached hydrogen (secondary N) is 2. The molecule has 0 aliphatic heterocycles. The van der Waals surface area contributed by atoms with Crippen LogP contribution in [0.5, 0.6) is 0 Å². The Hall–Kier alpha value is -3.16. The Morgan fingerprint density at radius 3 is 1.71 bits per heavy atom. The molecule has 0 aromatic heterocycles. The van der Waals surface area contributed by atoms with Crippen molar-refractivity contribution >= 4 is 23.3 Å². The van der Waals surface area contributed by atoms with E-state index in [-0.39, 0.29) is 41.5 Å². The maximum absolute atomic E-state index is 12.8. The summed E-state index contributed by atoms with van der Waals surface area (Å²) >= 11 is 0. The maximum Gasteiger partial charge on any atom is 0.311 e. The fraction of sp³-hybridized carbons (Fsp3) is 0.462. The van der Waals surface area contributed by atoms with E-state index in [1.807, 2.05) is 6.92 Å². The summed E-state index contributed by atoms with van der Waals surface area (Å²) < 4.78 is 30.6. The molecule has 2 fully saturated rings. The molecule has 0 heterocycles. The van der Waals surface area contributed by atoms with Crippen LogP contribution in [0.25, 0.3) is 0 Å². The average molecular weight is 475 g/mol. The van der Waals surface area contributed by atoms with E-state index < -0.39 is 5.97 Å². The van der Waals surface area contributed by atoms with E-state index in [2.05, 4.69) is 10.6 Å². The molecule has 2 saturated carbocycles. The number of aliphatic carboxylic acids is 1. The third-order valence-corrected chi connectivity index (χ3v) is 6.33. The van der Waals surface area contributed by atoms with Gasteiger partial charge < -0.3 is 20.5 Å². The molecular formula is C26H32F2N2O4. The Morgan fingerprint density at radius 1 is 0.824 bits per heavy atom. The van der Waals surface area contributed by atoms with Crippen molar-refractivity contribution in [1.82, 2.24) is 0 Å². The highest BCUT2D eigenvalue weighted by Gasteiger charge is 2.34. The van der Waals surface area contributed by atoms with Crippen molar-refractivity contribution in [3.8, 4) is 0 Å². The molecule has 2 aliphatic rings. The van der Waals surface area contributed by atoms with Crippen molar-refractivity contribution in [3.63, 3.8) is 0 Å². The summed E-state index contributed by atoms with van der Waals surface area (Å²) in [5.74, 6) is -1.84. The van der Waals surface area contributed by atoms with Crippen molar-refractivity contribution < 1.29 is 28.2 Å². The molecule has 6 nitrogen and oxygen atoms in total. The minimum Gasteiger partial charge on any atom is -0.481 e. The normalized spacial score (nSPS) is 23.5. The molecule has 2 aromatic rings. The number of esters is 1. The molecule has 4 unspecified atom stereocenters. The van der Waals surface area contributed by atoms with Crippen LogP contribution in [0.1, 0.15) is 45.4 Å². The Labute approximate surface area is 198 Å². The van der Waals surface area contributed by atoms with E-state index in [1.165, 1.54) is 24.3 Å². The topological polar surface area (TPSA) is 87.7 Å². The Kier molecular flexibility index (Phi) is 9.24. The highest BCUT2D eigenvalue weighted by Crippen LogP contribution is 2.30. The minimum absolute atomic E-state index is 0.0389. The molecule has 2 aromatic carbocycles. The van der Waals surface area contributed by atoms with Crippen molar-refractivity contribution in [2.75, 3.05) is 17.2 Å². The van der Waals surface area contributed by atoms with Gasteiger partial charge in [0.2, 0.25) is 0 Å². The van der Waals surface area contributed by atoms with Gasteiger partial charge in [0.05, 0.1) is 18.4 Å². The summed E-state index contributed by atoms with van der Waals surface area (Å²) in [6, 6.07) is 12.3. The van der Waals surface area contributed by atoms with Crippen LogP contribution in [-0.4, -0.2) is 35.7 Å². The lowest BCUT2D eigenvalue weighted by molar-refractivity contribution is -0.148. The van der Waals surface area contributed by atoms with Crippen LogP contribution >= 0.6 is 0 Å². The number of anilines is 2. The quantitative estimate of drug-likeness (QED) is 0.462. The predicted octanol–water partition coefficient (Wildman–Crippen LogP) is 5.46. The van der Waals surface area contributed by atoms with E-state index in [0.29, 0.717) is 13.0 Å². The van der Waals surface area contributed by atoms with Crippen LogP contribution < -0.4 is 10.6 Å². The van der Waals surface area contributed by atoms with Gasteiger partial charge in [0, 0.05) is 23.5 Å². The van der Waals surface area contributed by atoms with Crippen molar-refractivity contribution in [2.45, 2.75) is 57.5 Å². The molecule has 0 saturated heterocycles. The van der Waals surface area contributed by atoms with E-state index in [1.54, 1.807) is 24.3 Å². The van der Waals surface area contributed by atoms with Crippen molar-refractivity contribution in [1.29, 1.82) is 0 Å². The number of halogens is 2.